The third-order valence-corrected chi connectivity index (χ3v) is 3.54. The molecule has 3 rings (SSSR count). The summed E-state index contributed by atoms with van der Waals surface area (Å²) < 4.78 is 43.6. The van der Waals surface area contributed by atoms with Crippen molar-refractivity contribution in [2.24, 2.45) is 0 Å². The molecule has 25 heavy (non-hydrogen) atoms. The maximum atomic E-state index is 12.7. The standard InChI is InChI=1S/C17H13F3N2O3/c18-17(19,20)10-3-1-5-12(7-10)25-13-6-2-4-11(8-13)21-16(24)14-9-15(23)22-14/h1-8,14H,9H2,(H,21,24)(H,22,23). The van der Waals surface area contributed by atoms with Crippen LogP contribution in [0.5, 0.6) is 11.5 Å². The van der Waals surface area contributed by atoms with Gasteiger partial charge in [0.15, 0.2) is 0 Å². The first kappa shape index (κ1) is 16.8. The zero-order valence-corrected chi connectivity index (χ0v) is 12.8. The largest absolute Gasteiger partial charge is 0.457 e. The van der Waals surface area contributed by atoms with Gasteiger partial charge in [0.2, 0.25) is 11.8 Å². The Morgan fingerprint density at radius 2 is 1.76 bits per heavy atom. The number of ether oxygens (including phenoxy) is 1. The quantitative estimate of drug-likeness (QED) is 0.832. The molecule has 2 N–H and O–H groups in total. The van der Waals surface area contributed by atoms with E-state index in [1.165, 1.54) is 18.2 Å². The molecule has 8 heteroatoms. The van der Waals surface area contributed by atoms with E-state index < -0.39 is 17.8 Å². The average Bonchev–Trinajstić information content (AvgIpc) is 2.51. The Morgan fingerprint density at radius 1 is 1.12 bits per heavy atom. The highest BCUT2D eigenvalue weighted by Crippen LogP contribution is 2.33. The van der Waals surface area contributed by atoms with E-state index in [1.54, 1.807) is 18.2 Å². The number of hydrogen-bond donors (Lipinski definition) is 2. The summed E-state index contributed by atoms with van der Waals surface area (Å²) in [6, 6.07) is 10.2. The average molecular weight is 350 g/mol. The monoisotopic (exact) mass is 350 g/mol. The van der Waals surface area contributed by atoms with Crippen molar-refractivity contribution < 1.29 is 27.5 Å². The van der Waals surface area contributed by atoms with Crippen LogP contribution in [0.3, 0.4) is 0 Å². The molecule has 1 heterocycles. The zero-order chi connectivity index (χ0) is 18.0. The Labute approximate surface area is 140 Å². The van der Waals surface area contributed by atoms with Crippen LogP contribution in [-0.2, 0) is 15.8 Å². The second-order valence-electron chi connectivity index (χ2n) is 5.47. The number of hydrogen-bond acceptors (Lipinski definition) is 3. The maximum absolute atomic E-state index is 12.7. The molecule has 0 aromatic heterocycles. The number of alkyl halides is 3. The summed E-state index contributed by atoms with van der Waals surface area (Å²) in [5.74, 6) is -0.253. The van der Waals surface area contributed by atoms with Crippen molar-refractivity contribution in [3.63, 3.8) is 0 Å². The highest BCUT2D eigenvalue weighted by Gasteiger charge is 2.32. The van der Waals surface area contributed by atoms with Crippen LogP contribution in [0.15, 0.2) is 48.5 Å². The molecule has 1 atom stereocenters. The van der Waals surface area contributed by atoms with Gasteiger partial charge in [-0.3, -0.25) is 9.59 Å². The van der Waals surface area contributed by atoms with Gasteiger partial charge in [-0.05, 0) is 30.3 Å². The van der Waals surface area contributed by atoms with Crippen LogP contribution in [0.2, 0.25) is 0 Å². The second kappa shape index (κ2) is 6.46. The fraction of sp³-hybridized carbons (Fsp3) is 0.176. The van der Waals surface area contributed by atoms with Crippen LogP contribution in [0.1, 0.15) is 12.0 Å². The van der Waals surface area contributed by atoms with Gasteiger partial charge in [-0.2, -0.15) is 13.2 Å². The number of benzene rings is 2. The minimum absolute atomic E-state index is 0.0320. The van der Waals surface area contributed by atoms with Gasteiger partial charge in [0.1, 0.15) is 17.5 Å². The normalized spacial score (nSPS) is 16.6. The number of rotatable bonds is 4. The van der Waals surface area contributed by atoms with Gasteiger partial charge in [0.05, 0.1) is 12.0 Å². The first-order chi connectivity index (χ1) is 11.8. The van der Waals surface area contributed by atoms with Crippen molar-refractivity contribution in [2.75, 3.05) is 5.32 Å². The van der Waals surface area contributed by atoms with Crippen LogP contribution >= 0.6 is 0 Å². The van der Waals surface area contributed by atoms with Gasteiger partial charge in [0, 0.05) is 11.8 Å². The zero-order valence-electron chi connectivity index (χ0n) is 12.8. The molecule has 0 spiro atoms. The summed E-state index contributed by atoms with van der Waals surface area (Å²) in [6.45, 7) is 0. The van der Waals surface area contributed by atoms with Gasteiger partial charge >= 0.3 is 6.18 Å². The fourth-order valence-electron chi connectivity index (χ4n) is 2.26. The van der Waals surface area contributed by atoms with Crippen LogP contribution in [0.4, 0.5) is 18.9 Å². The lowest BCUT2D eigenvalue weighted by Crippen LogP contribution is -2.55. The molecule has 2 amide bonds. The predicted molar refractivity (Wildman–Crippen MR) is 83.1 cm³/mol. The molecule has 2 aromatic carbocycles. The number of halogens is 3. The van der Waals surface area contributed by atoms with Crippen molar-refractivity contribution in [1.29, 1.82) is 0 Å². The number of carbonyl (C=O) groups is 2. The van der Waals surface area contributed by atoms with Crippen LogP contribution in [0, 0.1) is 0 Å². The summed E-state index contributed by atoms with van der Waals surface area (Å²) in [6.07, 6.45) is -4.32. The first-order valence-electron chi connectivity index (χ1n) is 7.37. The van der Waals surface area contributed by atoms with Gasteiger partial charge in [0.25, 0.3) is 0 Å². The molecular formula is C17H13F3N2O3. The third-order valence-electron chi connectivity index (χ3n) is 3.54. The van der Waals surface area contributed by atoms with E-state index in [0.717, 1.165) is 12.1 Å². The van der Waals surface area contributed by atoms with Crippen molar-refractivity contribution in [3.05, 3.63) is 54.1 Å². The van der Waals surface area contributed by atoms with E-state index in [1.807, 2.05) is 0 Å². The lowest BCUT2D eigenvalue weighted by molar-refractivity contribution is -0.137. The summed E-state index contributed by atoms with van der Waals surface area (Å²) in [5, 5.41) is 5.06. The van der Waals surface area contributed by atoms with E-state index in [9.17, 15) is 22.8 Å². The molecule has 2 aromatic rings. The molecule has 1 fully saturated rings. The Kier molecular flexibility index (Phi) is 4.35. The van der Waals surface area contributed by atoms with Gasteiger partial charge in [-0.15, -0.1) is 0 Å². The number of amides is 2. The van der Waals surface area contributed by atoms with E-state index in [4.69, 9.17) is 4.74 Å². The molecule has 0 aliphatic carbocycles. The maximum Gasteiger partial charge on any atom is 0.416 e. The summed E-state index contributed by atoms with van der Waals surface area (Å²) in [4.78, 5) is 22.7. The van der Waals surface area contributed by atoms with Crippen molar-refractivity contribution in [2.45, 2.75) is 18.6 Å². The number of carbonyl (C=O) groups excluding carboxylic acids is 2. The van der Waals surface area contributed by atoms with Crippen LogP contribution in [0.25, 0.3) is 0 Å². The van der Waals surface area contributed by atoms with Crippen molar-refractivity contribution >= 4 is 17.5 Å². The van der Waals surface area contributed by atoms with Crippen LogP contribution in [-0.4, -0.2) is 17.9 Å². The molecular weight excluding hydrogens is 337 g/mol. The molecule has 0 radical (unpaired) electrons. The lowest BCUT2D eigenvalue weighted by atomic mass is 10.1. The molecule has 1 aliphatic rings. The molecule has 1 saturated heterocycles. The van der Waals surface area contributed by atoms with E-state index in [0.29, 0.717) is 5.69 Å². The molecule has 0 saturated carbocycles. The minimum Gasteiger partial charge on any atom is -0.457 e. The van der Waals surface area contributed by atoms with Crippen molar-refractivity contribution in [3.8, 4) is 11.5 Å². The Hall–Kier alpha value is -3.03. The van der Waals surface area contributed by atoms with Gasteiger partial charge in [-0.25, -0.2) is 0 Å². The predicted octanol–water partition coefficient (Wildman–Crippen LogP) is 3.32. The van der Waals surface area contributed by atoms with Crippen molar-refractivity contribution in [1.82, 2.24) is 5.32 Å². The fourth-order valence-corrected chi connectivity index (χ4v) is 2.26. The highest BCUT2D eigenvalue weighted by atomic mass is 19.4. The van der Waals surface area contributed by atoms with Gasteiger partial charge < -0.3 is 15.4 Å². The van der Waals surface area contributed by atoms with E-state index in [2.05, 4.69) is 10.6 Å². The van der Waals surface area contributed by atoms with Crippen LogP contribution < -0.4 is 15.4 Å². The van der Waals surface area contributed by atoms with E-state index >= 15 is 0 Å². The number of anilines is 1. The molecule has 130 valence electrons. The minimum atomic E-state index is -4.46. The van der Waals surface area contributed by atoms with Gasteiger partial charge in [-0.1, -0.05) is 12.1 Å². The molecule has 1 aliphatic heterocycles. The molecule has 1 unspecified atom stereocenters. The summed E-state index contributed by atoms with van der Waals surface area (Å²) in [7, 11) is 0. The third kappa shape index (κ3) is 4.09. The second-order valence-corrected chi connectivity index (χ2v) is 5.47. The van der Waals surface area contributed by atoms with E-state index in [-0.39, 0.29) is 29.7 Å². The molecule has 0 bridgehead atoms. The highest BCUT2D eigenvalue weighted by molar-refractivity contribution is 6.03. The topological polar surface area (TPSA) is 67.4 Å². The summed E-state index contributed by atoms with van der Waals surface area (Å²) >= 11 is 0. The molecule has 5 nitrogen and oxygen atoms in total. The summed E-state index contributed by atoms with van der Waals surface area (Å²) in [5.41, 5.74) is -0.397. The Bertz CT molecular complexity index is 813. The number of β-lactam (4-membered cyclic amide) rings is 1. The Balaban J connectivity index is 1.69. The lowest BCUT2D eigenvalue weighted by Gasteiger charge is -2.25. The smallest absolute Gasteiger partial charge is 0.416 e. The first-order valence-corrected chi connectivity index (χ1v) is 7.37. The SMILES string of the molecule is O=C1CC(C(=O)Nc2cccc(Oc3cccc(C(F)(F)F)c3)c2)N1. The Morgan fingerprint density at radius 3 is 2.40 bits per heavy atom. The number of nitrogens with one attached hydrogen (secondary N) is 2.